The van der Waals surface area contributed by atoms with E-state index in [2.05, 4.69) is 5.32 Å². The summed E-state index contributed by atoms with van der Waals surface area (Å²) < 4.78 is 5.24. The van der Waals surface area contributed by atoms with Gasteiger partial charge in [-0.3, -0.25) is 9.59 Å². The zero-order chi connectivity index (χ0) is 15.7. The van der Waals surface area contributed by atoms with Gasteiger partial charge in [0.2, 0.25) is 5.91 Å². The van der Waals surface area contributed by atoms with Gasteiger partial charge in [-0.25, -0.2) is 0 Å². The second-order valence-corrected chi connectivity index (χ2v) is 6.21. The molecule has 126 valence electrons. The average Bonchev–Trinajstić information content (AvgIpc) is 3.06. The molecule has 5 N–H and O–H groups in total. The van der Waals surface area contributed by atoms with Gasteiger partial charge in [-0.05, 0) is 43.2 Å². The van der Waals surface area contributed by atoms with E-state index in [0.717, 1.165) is 19.3 Å². The molecule has 2 aliphatic carbocycles. The van der Waals surface area contributed by atoms with Gasteiger partial charge in [0, 0.05) is 17.8 Å². The van der Waals surface area contributed by atoms with Crippen LogP contribution < -0.4 is 21.5 Å². The number of carbonyl (C=O) groups is 2. The van der Waals surface area contributed by atoms with Crippen molar-refractivity contribution in [3.8, 4) is 5.75 Å². The molecule has 1 aromatic carbocycles. The van der Waals surface area contributed by atoms with E-state index in [9.17, 15) is 9.59 Å². The van der Waals surface area contributed by atoms with E-state index in [0.29, 0.717) is 23.3 Å². The smallest absolute Gasteiger partial charge is 0.255 e. The van der Waals surface area contributed by atoms with Gasteiger partial charge in [0.05, 0.1) is 5.92 Å². The fourth-order valence-corrected chi connectivity index (χ4v) is 3.77. The van der Waals surface area contributed by atoms with E-state index in [1.807, 2.05) is 0 Å². The van der Waals surface area contributed by atoms with Crippen molar-refractivity contribution in [2.24, 2.45) is 29.2 Å². The van der Waals surface area contributed by atoms with Gasteiger partial charge in [-0.15, -0.1) is 12.4 Å². The molecule has 0 radical (unpaired) electrons. The third kappa shape index (κ3) is 3.76. The minimum absolute atomic E-state index is 0. The Balaban J connectivity index is 0.00000192. The molecule has 2 bridgehead atoms. The summed E-state index contributed by atoms with van der Waals surface area (Å²) in [7, 11) is 0. The lowest BCUT2D eigenvalue weighted by atomic mass is 9.84. The number of benzene rings is 1. The maximum absolute atomic E-state index is 12.5. The Hall–Kier alpha value is -1.79. The molecular weight excluding hydrogens is 318 g/mol. The molecule has 2 fully saturated rings. The second-order valence-electron chi connectivity index (χ2n) is 6.21. The minimum atomic E-state index is -0.539. The van der Waals surface area contributed by atoms with Crippen LogP contribution in [-0.2, 0) is 9.59 Å². The SMILES string of the molecule is Cl.NC(=O)COc1cccc(NC(=O)C2C3CCC(C3)C2N)c1. The molecule has 0 aliphatic heterocycles. The number of hydrogen-bond donors (Lipinski definition) is 3. The van der Waals surface area contributed by atoms with Crippen molar-refractivity contribution in [1.82, 2.24) is 0 Å². The quantitative estimate of drug-likeness (QED) is 0.751. The van der Waals surface area contributed by atoms with Gasteiger partial charge in [0.15, 0.2) is 6.61 Å². The van der Waals surface area contributed by atoms with E-state index in [4.69, 9.17) is 16.2 Å². The fourth-order valence-electron chi connectivity index (χ4n) is 3.77. The molecule has 4 atom stereocenters. The number of nitrogens with two attached hydrogens (primary N) is 2. The van der Waals surface area contributed by atoms with Gasteiger partial charge in [-0.2, -0.15) is 0 Å². The molecule has 4 unspecified atom stereocenters. The van der Waals surface area contributed by atoms with E-state index >= 15 is 0 Å². The van der Waals surface area contributed by atoms with Crippen LogP contribution in [0.3, 0.4) is 0 Å². The van der Waals surface area contributed by atoms with Crippen LogP contribution >= 0.6 is 12.4 Å². The van der Waals surface area contributed by atoms with E-state index in [-0.39, 0.29) is 36.9 Å². The van der Waals surface area contributed by atoms with Crippen molar-refractivity contribution in [2.75, 3.05) is 11.9 Å². The van der Waals surface area contributed by atoms with Gasteiger partial charge < -0.3 is 21.5 Å². The number of primary amides is 1. The highest BCUT2D eigenvalue weighted by atomic mass is 35.5. The summed E-state index contributed by atoms with van der Waals surface area (Å²) in [5, 5.41) is 2.91. The lowest BCUT2D eigenvalue weighted by Gasteiger charge is -2.27. The average molecular weight is 340 g/mol. The second kappa shape index (κ2) is 7.19. The first-order valence-electron chi connectivity index (χ1n) is 7.62. The Morgan fingerprint density at radius 1 is 1.26 bits per heavy atom. The predicted octanol–water partition coefficient (Wildman–Crippen LogP) is 1.28. The van der Waals surface area contributed by atoms with E-state index in [1.165, 1.54) is 0 Å². The number of ether oxygens (including phenoxy) is 1. The highest BCUT2D eigenvalue weighted by molar-refractivity contribution is 5.93. The van der Waals surface area contributed by atoms with Crippen molar-refractivity contribution < 1.29 is 14.3 Å². The summed E-state index contributed by atoms with van der Waals surface area (Å²) in [5.41, 5.74) is 11.9. The van der Waals surface area contributed by atoms with Crippen LogP contribution in [0.4, 0.5) is 5.69 Å². The van der Waals surface area contributed by atoms with Crippen molar-refractivity contribution >= 4 is 29.9 Å². The predicted molar refractivity (Wildman–Crippen MR) is 89.3 cm³/mol. The molecular formula is C16H22ClN3O3. The monoisotopic (exact) mass is 339 g/mol. The first kappa shape index (κ1) is 17.6. The van der Waals surface area contributed by atoms with Gasteiger partial charge in [0.25, 0.3) is 5.91 Å². The number of anilines is 1. The molecule has 7 heteroatoms. The first-order valence-corrected chi connectivity index (χ1v) is 7.62. The van der Waals surface area contributed by atoms with Crippen molar-refractivity contribution in [3.05, 3.63) is 24.3 Å². The summed E-state index contributed by atoms with van der Waals surface area (Å²) in [6, 6.07) is 6.90. The van der Waals surface area contributed by atoms with Crippen LogP contribution in [-0.4, -0.2) is 24.5 Å². The Bertz CT molecular complexity index is 594. The van der Waals surface area contributed by atoms with Crippen LogP contribution in [0, 0.1) is 17.8 Å². The molecule has 23 heavy (non-hydrogen) atoms. The van der Waals surface area contributed by atoms with E-state index < -0.39 is 5.91 Å². The summed E-state index contributed by atoms with van der Waals surface area (Å²) in [6.45, 7) is -0.186. The summed E-state index contributed by atoms with van der Waals surface area (Å²) in [6.07, 6.45) is 3.31. The zero-order valence-corrected chi connectivity index (χ0v) is 13.6. The zero-order valence-electron chi connectivity index (χ0n) is 12.7. The molecule has 0 spiro atoms. The molecule has 2 aliphatic rings. The maximum Gasteiger partial charge on any atom is 0.255 e. The Morgan fingerprint density at radius 3 is 2.65 bits per heavy atom. The lowest BCUT2D eigenvalue weighted by Crippen LogP contribution is -2.42. The summed E-state index contributed by atoms with van der Waals surface area (Å²) in [5.74, 6) is 0.734. The van der Waals surface area contributed by atoms with Crippen molar-refractivity contribution in [2.45, 2.75) is 25.3 Å². The molecule has 0 heterocycles. The highest BCUT2D eigenvalue weighted by Gasteiger charge is 2.49. The number of carbonyl (C=O) groups excluding carboxylic acids is 2. The molecule has 2 saturated carbocycles. The molecule has 6 nitrogen and oxygen atoms in total. The minimum Gasteiger partial charge on any atom is -0.484 e. The largest absolute Gasteiger partial charge is 0.484 e. The summed E-state index contributed by atoms with van der Waals surface area (Å²) >= 11 is 0. The summed E-state index contributed by atoms with van der Waals surface area (Å²) in [4.78, 5) is 23.2. The van der Waals surface area contributed by atoms with Crippen LogP contribution in [0.1, 0.15) is 19.3 Å². The number of amides is 2. The third-order valence-electron chi connectivity index (χ3n) is 4.77. The molecule has 0 aromatic heterocycles. The number of rotatable bonds is 5. The lowest BCUT2D eigenvalue weighted by molar-refractivity contribution is -0.122. The molecule has 0 saturated heterocycles. The first-order chi connectivity index (χ1) is 10.5. The maximum atomic E-state index is 12.5. The Morgan fingerprint density at radius 2 is 2.00 bits per heavy atom. The number of fused-ring (bicyclic) bond motifs is 2. The van der Waals surface area contributed by atoms with Crippen LogP contribution in [0.15, 0.2) is 24.3 Å². The fraction of sp³-hybridized carbons (Fsp3) is 0.500. The van der Waals surface area contributed by atoms with Gasteiger partial charge >= 0.3 is 0 Å². The topological polar surface area (TPSA) is 107 Å². The standard InChI is InChI=1S/C16H21N3O3.ClH/c17-13(20)8-22-12-3-1-2-11(7-12)19-16(21)14-9-4-5-10(6-9)15(14)18;/h1-3,7,9-10,14-15H,4-6,8,18H2,(H2,17,20)(H,19,21);1H. The van der Waals surface area contributed by atoms with Gasteiger partial charge in [0.1, 0.15) is 5.75 Å². The molecule has 1 aromatic rings. The Labute approximate surface area is 141 Å². The molecule has 2 amide bonds. The molecule has 3 rings (SSSR count). The Kier molecular flexibility index (Phi) is 5.49. The van der Waals surface area contributed by atoms with Crippen LogP contribution in [0.25, 0.3) is 0 Å². The number of hydrogen-bond acceptors (Lipinski definition) is 4. The van der Waals surface area contributed by atoms with Gasteiger partial charge in [-0.1, -0.05) is 6.07 Å². The van der Waals surface area contributed by atoms with Crippen molar-refractivity contribution in [1.29, 1.82) is 0 Å². The van der Waals surface area contributed by atoms with E-state index in [1.54, 1.807) is 24.3 Å². The normalized spacial score (nSPS) is 28.0. The van der Waals surface area contributed by atoms with Crippen molar-refractivity contribution in [3.63, 3.8) is 0 Å². The number of nitrogens with one attached hydrogen (secondary N) is 1. The van der Waals surface area contributed by atoms with Crippen LogP contribution in [0.5, 0.6) is 5.75 Å². The van der Waals surface area contributed by atoms with Crippen LogP contribution in [0.2, 0.25) is 0 Å². The number of halogens is 1. The highest BCUT2D eigenvalue weighted by Crippen LogP contribution is 2.47. The third-order valence-corrected chi connectivity index (χ3v) is 4.77.